The third-order valence-corrected chi connectivity index (χ3v) is 4.83. The van der Waals surface area contributed by atoms with Crippen LogP contribution in [0.2, 0.25) is 0 Å². The van der Waals surface area contributed by atoms with Gasteiger partial charge in [-0.1, -0.05) is 44.2 Å². The molecular formula is C22H25N3O2S. The second-order valence-electron chi connectivity index (χ2n) is 6.72. The van der Waals surface area contributed by atoms with Crippen LogP contribution in [0.4, 0.5) is 5.13 Å². The Morgan fingerprint density at radius 3 is 2.71 bits per heavy atom. The van der Waals surface area contributed by atoms with Gasteiger partial charge in [0.15, 0.2) is 11.5 Å². The lowest BCUT2D eigenvalue weighted by Gasteiger charge is -2.12. The van der Waals surface area contributed by atoms with Crippen LogP contribution in [0.15, 0.2) is 59.0 Å². The molecule has 1 N–H and O–H groups in total. The SMILES string of the molecule is COc1cc(C=NNc2nc(-c3ccccc3)cs2)ccc1OCCC(C)C. The summed E-state index contributed by atoms with van der Waals surface area (Å²) in [6.45, 7) is 5.04. The van der Waals surface area contributed by atoms with Crippen molar-refractivity contribution >= 4 is 22.7 Å². The first-order valence-electron chi connectivity index (χ1n) is 9.26. The normalized spacial score (nSPS) is 11.1. The molecule has 1 heterocycles. The van der Waals surface area contributed by atoms with Crippen LogP contribution in [0.1, 0.15) is 25.8 Å². The summed E-state index contributed by atoms with van der Waals surface area (Å²) >= 11 is 1.52. The summed E-state index contributed by atoms with van der Waals surface area (Å²) in [7, 11) is 1.64. The minimum atomic E-state index is 0.608. The van der Waals surface area contributed by atoms with E-state index in [9.17, 15) is 0 Å². The highest BCUT2D eigenvalue weighted by Gasteiger charge is 2.06. The van der Waals surface area contributed by atoms with Crippen molar-refractivity contribution in [3.8, 4) is 22.8 Å². The summed E-state index contributed by atoms with van der Waals surface area (Å²) < 4.78 is 11.3. The van der Waals surface area contributed by atoms with Gasteiger partial charge < -0.3 is 9.47 Å². The number of methoxy groups -OCH3 is 1. The maximum atomic E-state index is 5.82. The predicted octanol–water partition coefficient (Wildman–Crippen LogP) is 5.69. The molecule has 0 saturated heterocycles. The van der Waals surface area contributed by atoms with E-state index in [1.54, 1.807) is 13.3 Å². The quantitative estimate of drug-likeness (QED) is 0.373. The van der Waals surface area contributed by atoms with Crippen LogP contribution in [0.5, 0.6) is 11.5 Å². The number of hydrogen-bond donors (Lipinski definition) is 1. The second kappa shape index (κ2) is 9.90. The average molecular weight is 396 g/mol. The van der Waals surface area contributed by atoms with E-state index in [1.807, 2.05) is 53.9 Å². The van der Waals surface area contributed by atoms with E-state index in [4.69, 9.17) is 9.47 Å². The lowest BCUT2D eigenvalue weighted by atomic mass is 10.1. The third kappa shape index (κ3) is 5.57. The fourth-order valence-corrected chi connectivity index (χ4v) is 3.19. The molecule has 0 amide bonds. The van der Waals surface area contributed by atoms with Crippen molar-refractivity contribution in [3.63, 3.8) is 0 Å². The molecule has 2 aromatic carbocycles. The van der Waals surface area contributed by atoms with E-state index in [2.05, 4.69) is 29.4 Å². The minimum absolute atomic E-state index is 0.608. The van der Waals surface area contributed by atoms with Crippen molar-refractivity contribution in [2.45, 2.75) is 20.3 Å². The van der Waals surface area contributed by atoms with Gasteiger partial charge >= 0.3 is 0 Å². The van der Waals surface area contributed by atoms with Crippen molar-refractivity contribution in [2.75, 3.05) is 19.1 Å². The Balaban J connectivity index is 1.60. The number of rotatable bonds is 9. The molecule has 6 heteroatoms. The Kier molecular flexibility index (Phi) is 7.03. The zero-order chi connectivity index (χ0) is 19.8. The monoisotopic (exact) mass is 395 g/mol. The average Bonchev–Trinajstić information content (AvgIpc) is 3.18. The van der Waals surface area contributed by atoms with Crippen molar-refractivity contribution in [1.29, 1.82) is 0 Å². The molecule has 0 atom stereocenters. The first-order chi connectivity index (χ1) is 13.7. The molecule has 0 unspecified atom stereocenters. The maximum absolute atomic E-state index is 5.82. The van der Waals surface area contributed by atoms with Crippen molar-refractivity contribution in [3.05, 3.63) is 59.5 Å². The van der Waals surface area contributed by atoms with Crippen LogP contribution in [-0.4, -0.2) is 24.9 Å². The van der Waals surface area contributed by atoms with Crippen LogP contribution < -0.4 is 14.9 Å². The molecule has 3 rings (SSSR count). The van der Waals surface area contributed by atoms with Gasteiger partial charge in [-0.05, 0) is 36.1 Å². The van der Waals surface area contributed by atoms with Crippen LogP contribution in [0.3, 0.4) is 0 Å². The number of hydrazone groups is 1. The van der Waals surface area contributed by atoms with Gasteiger partial charge in [-0.15, -0.1) is 11.3 Å². The van der Waals surface area contributed by atoms with Gasteiger partial charge in [-0.3, -0.25) is 5.43 Å². The second-order valence-corrected chi connectivity index (χ2v) is 7.57. The summed E-state index contributed by atoms with van der Waals surface area (Å²) in [6, 6.07) is 15.9. The lowest BCUT2D eigenvalue weighted by molar-refractivity contribution is 0.273. The van der Waals surface area contributed by atoms with Gasteiger partial charge in [0.2, 0.25) is 5.13 Å². The highest BCUT2D eigenvalue weighted by Crippen LogP contribution is 2.28. The molecule has 3 aromatic rings. The molecule has 0 fully saturated rings. The molecule has 0 aliphatic carbocycles. The Labute approximate surface area is 170 Å². The van der Waals surface area contributed by atoms with E-state index in [1.165, 1.54) is 11.3 Å². The van der Waals surface area contributed by atoms with Gasteiger partial charge in [0.1, 0.15) is 0 Å². The fourth-order valence-electron chi connectivity index (χ4n) is 2.52. The molecule has 28 heavy (non-hydrogen) atoms. The van der Waals surface area contributed by atoms with E-state index in [0.29, 0.717) is 18.3 Å². The molecule has 0 bridgehead atoms. The smallest absolute Gasteiger partial charge is 0.203 e. The fraction of sp³-hybridized carbons (Fsp3) is 0.273. The van der Waals surface area contributed by atoms with Gasteiger partial charge in [0.25, 0.3) is 0 Å². The first-order valence-corrected chi connectivity index (χ1v) is 10.1. The number of hydrogen-bond acceptors (Lipinski definition) is 6. The summed E-state index contributed by atoms with van der Waals surface area (Å²) in [5.41, 5.74) is 5.93. The molecule has 0 spiro atoms. The molecule has 0 saturated carbocycles. The van der Waals surface area contributed by atoms with E-state index >= 15 is 0 Å². The third-order valence-electron chi connectivity index (χ3n) is 4.09. The van der Waals surface area contributed by atoms with E-state index in [0.717, 1.165) is 34.1 Å². The Morgan fingerprint density at radius 1 is 1.14 bits per heavy atom. The zero-order valence-electron chi connectivity index (χ0n) is 16.4. The zero-order valence-corrected chi connectivity index (χ0v) is 17.2. The van der Waals surface area contributed by atoms with Crippen LogP contribution in [-0.2, 0) is 0 Å². The molecule has 5 nitrogen and oxygen atoms in total. The molecule has 0 radical (unpaired) electrons. The minimum Gasteiger partial charge on any atom is -0.493 e. The number of nitrogens with one attached hydrogen (secondary N) is 1. The van der Waals surface area contributed by atoms with E-state index < -0.39 is 0 Å². The van der Waals surface area contributed by atoms with Crippen molar-refractivity contribution in [1.82, 2.24) is 4.98 Å². The van der Waals surface area contributed by atoms with Gasteiger partial charge in [0, 0.05) is 10.9 Å². The Morgan fingerprint density at radius 2 is 1.96 bits per heavy atom. The van der Waals surface area contributed by atoms with Crippen LogP contribution >= 0.6 is 11.3 Å². The maximum Gasteiger partial charge on any atom is 0.203 e. The van der Waals surface area contributed by atoms with E-state index in [-0.39, 0.29) is 0 Å². The highest BCUT2D eigenvalue weighted by molar-refractivity contribution is 7.14. The largest absolute Gasteiger partial charge is 0.493 e. The predicted molar refractivity (Wildman–Crippen MR) is 117 cm³/mol. The molecule has 0 aliphatic rings. The number of thiazole rings is 1. The van der Waals surface area contributed by atoms with Crippen molar-refractivity contribution < 1.29 is 9.47 Å². The summed E-state index contributed by atoms with van der Waals surface area (Å²) in [5.74, 6) is 2.06. The van der Waals surface area contributed by atoms with Gasteiger partial charge in [0.05, 0.1) is 25.6 Å². The Bertz CT molecular complexity index is 907. The van der Waals surface area contributed by atoms with Crippen molar-refractivity contribution in [2.24, 2.45) is 11.0 Å². The van der Waals surface area contributed by atoms with Crippen LogP contribution in [0, 0.1) is 5.92 Å². The lowest BCUT2D eigenvalue weighted by Crippen LogP contribution is -2.03. The first kappa shape index (κ1) is 19.9. The molecule has 0 aliphatic heterocycles. The number of anilines is 1. The number of ether oxygens (including phenoxy) is 2. The summed E-state index contributed by atoms with van der Waals surface area (Å²) in [5, 5.41) is 7.05. The Hall–Kier alpha value is -2.86. The van der Waals surface area contributed by atoms with Crippen LogP contribution in [0.25, 0.3) is 11.3 Å². The number of aromatic nitrogens is 1. The van der Waals surface area contributed by atoms with Gasteiger partial charge in [-0.25, -0.2) is 4.98 Å². The summed E-state index contributed by atoms with van der Waals surface area (Å²) in [4.78, 5) is 4.56. The topological polar surface area (TPSA) is 55.7 Å². The molecule has 1 aromatic heterocycles. The van der Waals surface area contributed by atoms with Gasteiger partial charge in [-0.2, -0.15) is 5.10 Å². The highest BCUT2D eigenvalue weighted by atomic mass is 32.1. The standard InChI is InChI=1S/C22H25N3O2S/c1-16(2)11-12-27-20-10-9-17(13-21(20)26-3)14-23-25-22-24-19(15-28-22)18-7-5-4-6-8-18/h4-10,13-16H,11-12H2,1-3H3,(H,24,25). The number of benzene rings is 2. The molecular weight excluding hydrogens is 370 g/mol. The summed E-state index contributed by atoms with van der Waals surface area (Å²) in [6.07, 6.45) is 2.75. The molecule has 146 valence electrons. The number of nitrogens with zero attached hydrogens (tertiary/aromatic N) is 2.